The summed E-state index contributed by atoms with van der Waals surface area (Å²) in [5.41, 5.74) is 4.65. The van der Waals surface area contributed by atoms with E-state index in [9.17, 15) is 13.2 Å². The number of ether oxygens (including phenoxy) is 2. The van der Waals surface area contributed by atoms with Gasteiger partial charge in [-0.15, -0.1) is 0 Å². The van der Waals surface area contributed by atoms with E-state index in [2.05, 4.69) is 24.2 Å². The Kier molecular flexibility index (Phi) is 9.77. The average Bonchev–Trinajstić information content (AvgIpc) is 3.14. The predicted octanol–water partition coefficient (Wildman–Crippen LogP) is 6.34. The number of hydrogen-bond acceptors (Lipinski definition) is 6. The highest BCUT2D eigenvalue weighted by atomic mass is 32.2. The smallest absolute Gasteiger partial charge is 0.251 e. The number of benzene rings is 3. The molecule has 3 aromatic carbocycles. The van der Waals surface area contributed by atoms with Gasteiger partial charge in [0.2, 0.25) is 0 Å². The van der Waals surface area contributed by atoms with Crippen molar-refractivity contribution in [2.75, 3.05) is 37.9 Å². The molecule has 1 amide bonds. The van der Waals surface area contributed by atoms with Gasteiger partial charge in [0.25, 0.3) is 5.91 Å². The molecule has 0 radical (unpaired) electrons. The highest BCUT2D eigenvalue weighted by Gasteiger charge is 2.25. The standard InChI is InChI=1S/C34H40N2O5S/c1-3-4-18-41-32-12-7-26(8-13-32)27-9-14-33-29(22-27)23-28(17-21-42(33,38)39)34(37)35-30-10-5-25(6-11-30)24-36(2)31-15-19-40-20-16-31/h5-14,22-23,31H,3-4,15-21,24H2,1-2H3,(H,35,37). The second-order valence-corrected chi connectivity index (χ2v) is 13.2. The maximum Gasteiger partial charge on any atom is 0.251 e. The van der Waals surface area contributed by atoms with Crippen molar-refractivity contribution in [3.63, 3.8) is 0 Å². The molecule has 2 heterocycles. The quantitative estimate of drug-likeness (QED) is 0.278. The molecule has 0 aromatic heterocycles. The molecule has 1 N–H and O–H groups in total. The summed E-state index contributed by atoms with van der Waals surface area (Å²) in [5.74, 6) is 0.409. The minimum absolute atomic E-state index is 0.111. The van der Waals surface area contributed by atoms with E-state index in [4.69, 9.17) is 9.47 Å². The van der Waals surface area contributed by atoms with Gasteiger partial charge in [0.15, 0.2) is 9.84 Å². The molecule has 0 bridgehead atoms. The SMILES string of the molecule is CCCCOc1ccc(-c2ccc3c(c2)C=C(C(=O)Nc2ccc(CN(C)C4CCOCC4)cc2)CCS3(=O)=O)cc1. The topological polar surface area (TPSA) is 84.9 Å². The van der Waals surface area contributed by atoms with Crippen molar-refractivity contribution in [3.05, 3.63) is 83.4 Å². The summed E-state index contributed by atoms with van der Waals surface area (Å²) in [6.45, 7) is 5.26. The van der Waals surface area contributed by atoms with Crippen molar-refractivity contribution < 1.29 is 22.7 Å². The van der Waals surface area contributed by atoms with E-state index in [1.807, 2.05) is 60.7 Å². The summed E-state index contributed by atoms with van der Waals surface area (Å²) in [7, 11) is -1.39. The normalized spacial score (nSPS) is 16.8. The van der Waals surface area contributed by atoms with Crippen molar-refractivity contribution in [1.82, 2.24) is 4.90 Å². The van der Waals surface area contributed by atoms with E-state index in [0.717, 1.165) is 62.3 Å². The minimum atomic E-state index is -3.53. The van der Waals surface area contributed by atoms with E-state index in [1.165, 1.54) is 5.56 Å². The van der Waals surface area contributed by atoms with Crippen LogP contribution in [0.15, 0.2) is 77.2 Å². The molecule has 0 atom stereocenters. The van der Waals surface area contributed by atoms with Crippen LogP contribution in [0.4, 0.5) is 5.69 Å². The Labute approximate surface area is 249 Å². The Morgan fingerprint density at radius 3 is 2.43 bits per heavy atom. The minimum Gasteiger partial charge on any atom is -0.494 e. The summed E-state index contributed by atoms with van der Waals surface area (Å²) in [4.78, 5) is 15.9. The van der Waals surface area contributed by atoms with Crippen LogP contribution in [0.2, 0.25) is 0 Å². The van der Waals surface area contributed by atoms with E-state index in [-0.39, 0.29) is 23.0 Å². The first-order chi connectivity index (χ1) is 20.3. The number of carbonyl (C=O) groups is 1. The van der Waals surface area contributed by atoms with Crippen LogP contribution >= 0.6 is 0 Å². The van der Waals surface area contributed by atoms with Crippen LogP contribution in [0.1, 0.15) is 50.2 Å². The molecule has 42 heavy (non-hydrogen) atoms. The third-order valence-electron chi connectivity index (χ3n) is 8.02. The van der Waals surface area contributed by atoms with Crippen LogP contribution in [0.25, 0.3) is 17.2 Å². The number of hydrogen-bond donors (Lipinski definition) is 1. The molecule has 5 rings (SSSR count). The summed E-state index contributed by atoms with van der Waals surface area (Å²) in [6.07, 6.45) is 6.03. The Bertz CT molecular complexity index is 1510. The van der Waals surface area contributed by atoms with Gasteiger partial charge in [-0.3, -0.25) is 9.69 Å². The molecule has 3 aromatic rings. The Hall–Kier alpha value is -3.46. The third kappa shape index (κ3) is 7.48. The zero-order valence-corrected chi connectivity index (χ0v) is 25.3. The van der Waals surface area contributed by atoms with E-state index < -0.39 is 9.84 Å². The molecule has 1 saturated heterocycles. The van der Waals surface area contributed by atoms with Crippen LogP contribution in [-0.4, -0.2) is 57.9 Å². The Morgan fingerprint density at radius 2 is 1.71 bits per heavy atom. The van der Waals surface area contributed by atoms with Gasteiger partial charge in [-0.25, -0.2) is 8.42 Å². The van der Waals surface area contributed by atoms with Gasteiger partial charge >= 0.3 is 0 Å². The maximum atomic E-state index is 13.3. The van der Waals surface area contributed by atoms with Gasteiger partial charge < -0.3 is 14.8 Å². The van der Waals surface area contributed by atoms with E-state index >= 15 is 0 Å². The largest absolute Gasteiger partial charge is 0.494 e. The lowest BCUT2D eigenvalue weighted by molar-refractivity contribution is -0.112. The summed E-state index contributed by atoms with van der Waals surface area (Å²) >= 11 is 0. The van der Waals surface area contributed by atoms with E-state index in [0.29, 0.717) is 29.5 Å². The van der Waals surface area contributed by atoms with Gasteiger partial charge in [0.05, 0.1) is 17.3 Å². The number of nitrogens with one attached hydrogen (secondary N) is 1. The number of anilines is 1. The molecule has 0 saturated carbocycles. The Balaban J connectivity index is 1.29. The third-order valence-corrected chi connectivity index (χ3v) is 9.80. The van der Waals surface area contributed by atoms with Crippen molar-refractivity contribution in [3.8, 4) is 16.9 Å². The summed E-state index contributed by atoms with van der Waals surface area (Å²) in [5, 5.41) is 2.97. The lowest BCUT2D eigenvalue weighted by Gasteiger charge is -2.31. The van der Waals surface area contributed by atoms with Gasteiger partial charge in [-0.1, -0.05) is 43.7 Å². The first-order valence-corrected chi connectivity index (χ1v) is 16.5. The molecular formula is C34H40N2O5S. The van der Waals surface area contributed by atoms with Gasteiger partial charge in [0.1, 0.15) is 5.75 Å². The zero-order valence-electron chi connectivity index (χ0n) is 24.5. The molecule has 7 nitrogen and oxygen atoms in total. The van der Waals surface area contributed by atoms with Crippen molar-refractivity contribution in [2.45, 2.75) is 56.5 Å². The van der Waals surface area contributed by atoms with Crippen LogP contribution in [-0.2, 0) is 25.9 Å². The van der Waals surface area contributed by atoms with E-state index in [1.54, 1.807) is 12.1 Å². The molecule has 8 heteroatoms. The fourth-order valence-corrected chi connectivity index (χ4v) is 6.90. The lowest BCUT2D eigenvalue weighted by atomic mass is 10.0. The van der Waals surface area contributed by atoms with Gasteiger partial charge in [-0.05, 0) is 97.5 Å². The highest BCUT2D eigenvalue weighted by molar-refractivity contribution is 7.91. The van der Waals surface area contributed by atoms with Gasteiger partial charge in [-0.2, -0.15) is 0 Å². The first-order valence-electron chi connectivity index (χ1n) is 14.8. The second kappa shape index (κ2) is 13.7. The second-order valence-electron chi connectivity index (χ2n) is 11.1. The number of carbonyl (C=O) groups excluding carboxylic acids is 1. The molecule has 1 fully saturated rings. The molecule has 0 aliphatic carbocycles. The molecular weight excluding hydrogens is 548 g/mol. The fourth-order valence-electron chi connectivity index (χ4n) is 5.44. The molecule has 2 aliphatic heterocycles. The molecule has 0 spiro atoms. The predicted molar refractivity (Wildman–Crippen MR) is 167 cm³/mol. The number of sulfone groups is 1. The summed E-state index contributed by atoms with van der Waals surface area (Å²) < 4.78 is 37.4. The molecule has 2 aliphatic rings. The monoisotopic (exact) mass is 588 g/mol. The lowest BCUT2D eigenvalue weighted by Crippen LogP contribution is -2.36. The fraction of sp³-hybridized carbons (Fsp3) is 0.382. The van der Waals surface area contributed by atoms with Crippen LogP contribution < -0.4 is 10.1 Å². The number of rotatable bonds is 10. The summed E-state index contributed by atoms with van der Waals surface area (Å²) in [6, 6.07) is 21.5. The zero-order chi connectivity index (χ0) is 29.5. The maximum absolute atomic E-state index is 13.3. The Morgan fingerprint density at radius 1 is 1.00 bits per heavy atom. The number of amides is 1. The number of nitrogens with zero attached hydrogens (tertiary/aromatic N) is 1. The van der Waals surface area contributed by atoms with Crippen LogP contribution in [0.3, 0.4) is 0 Å². The highest BCUT2D eigenvalue weighted by Crippen LogP contribution is 2.32. The van der Waals surface area contributed by atoms with Crippen LogP contribution in [0, 0.1) is 0 Å². The number of fused-ring (bicyclic) bond motifs is 1. The van der Waals surface area contributed by atoms with Crippen molar-refractivity contribution >= 4 is 27.5 Å². The first kappa shape index (κ1) is 30.0. The molecule has 0 unspecified atom stereocenters. The van der Waals surface area contributed by atoms with Crippen LogP contribution in [0.5, 0.6) is 5.75 Å². The number of unbranched alkanes of at least 4 members (excludes halogenated alkanes) is 1. The van der Waals surface area contributed by atoms with Crippen molar-refractivity contribution in [1.29, 1.82) is 0 Å². The molecule has 222 valence electrons. The average molecular weight is 589 g/mol. The van der Waals surface area contributed by atoms with Gasteiger partial charge in [0, 0.05) is 37.1 Å². The van der Waals surface area contributed by atoms with Crippen molar-refractivity contribution in [2.24, 2.45) is 0 Å².